The molecule has 2 nitrogen and oxygen atoms in total. The van der Waals surface area contributed by atoms with Crippen LogP contribution in [0.2, 0.25) is 0 Å². The summed E-state index contributed by atoms with van der Waals surface area (Å²) in [6.45, 7) is 15.5. The average Bonchev–Trinajstić information content (AvgIpc) is 2.63. The van der Waals surface area contributed by atoms with Crippen molar-refractivity contribution in [2.24, 2.45) is 0 Å². The summed E-state index contributed by atoms with van der Waals surface area (Å²) in [6, 6.07) is 21.5. The van der Waals surface area contributed by atoms with E-state index in [9.17, 15) is 0 Å². The molecule has 0 aromatic heterocycles. The Hall–Kier alpha value is -0.940. The normalized spacial score (nSPS) is 14.6. The second-order valence-corrected chi connectivity index (χ2v) is 12.8. The van der Waals surface area contributed by atoms with Gasteiger partial charge in [0.05, 0.1) is 10.7 Å². The van der Waals surface area contributed by atoms with Crippen LogP contribution in [0.4, 0.5) is 0 Å². The summed E-state index contributed by atoms with van der Waals surface area (Å²) < 4.78 is 0.408. The number of nitrogens with one attached hydrogen (secondary N) is 2. The third kappa shape index (κ3) is 9.04. The van der Waals surface area contributed by atoms with Crippen molar-refractivity contribution in [3.05, 3.63) is 71.8 Å². The zero-order valence-electron chi connectivity index (χ0n) is 18.2. The van der Waals surface area contributed by atoms with E-state index in [0.717, 1.165) is 13.1 Å². The lowest BCUT2D eigenvalue weighted by atomic mass is 10.2. The van der Waals surface area contributed by atoms with E-state index in [-0.39, 0.29) is 9.49 Å². The van der Waals surface area contributed by atoms with Crippen LogP contribution in [0.25, 0.3) is 0 Å². The standard InChI is InChI=1S/C24H36N2S2/c1-23(2,3)27-21(19-13-9-7-10-14-19)25-17-18-26-22(28-24(4,5)6)20-15-11-8-12-16-20/h7-16,21-22,25-26H,17-18H2,1-6H3. The fourth-order valence-corrected chi connectivity index (χ4v) is 5.23. The Morgan fingerprint density at radius 2 is 0.929 bits per heavy atom. The van der Waals surface area contributed by atoms with E-state index >= 15 is 0 Å². The predicted molar refractivity (Wildman–Crippen MR) is 129 cm³/mol. The SMILES string of the molecule is CC(C)(C)SC(NCCNC(SC(C)(C)C)c1ccccc1)c1ccccc1. The molecular formula is C24H36N2S2. The molecular weight excluding hydrogens is 380 g/mol. The molecule has 2 unspecified atom stereocenters. The Morgan fingerprint density at radius 3 is 1.21 bits per heavy atom. The largest absolute Gasteiger partial charge is 0.300 e. The number of thioether (sulfide) groups is 2. The second kappa shape index (κ2) is 10.7. The van der Waals surface area contributed by atoms with Gasteiger partial charge in [0.15, 0.2) is 0 Å². The second-order valence-electron chi connectivity index (χ2n) is 8.95. The summed E-state index contributed by atoms with van der Waals surface area (Å²) in [4.78, 5) is 0. The zero-order chi connectivity index (χ0) is 20.6. The first-order chi connectivity index (χ1) is 13.1. The summed E-state index contributed by atoms with van der Waals surface area (Å²) in [5.41, 5.74) is 2.68. The minimum absolute atomic E-state index is 0.204. The summed E-state index contributed by atoms with van der Waals surface area (Å²) in [6.07, 6.45) is 0. The summed E-state index contributed by atoms with van der Waals surface area (Å²) in [5.74, 6) is 0. The first-order valence-corrected chi connectivity index (χ1v) is 11.8. The van der Waals surface area contributed by atoms with Crippen LogP contribution in [0, 0.1) is 0 Å². The monoisotopic (exact) mass is 416 g/mol. The molecule has 2 aromatic carbocycles. The molecule has 0 aliphatic rings. The summed E-state index contributed by atoms with van der Waals surface area (Å²) >= 11 is 3.95. The van der Waals surface area contributed by atoms with Crippen LogP contribution < -0.4 is 10.6 Å². The highest BCUT2D eigenvalue weighted by molar-refractivity contribution is 8.01. The van der Waals surface area contributed by atoms with Gasteiger partial charge in [0.1, 0.15) is 0 Å². The molecule has 0 fully saturated rings. The van der Waals surface area contributed by atoms with Gasteiger partial charge in [-0.05, 0) is 11.1 Å². The molecule has 28 heavy (non-hydrogen) atoms. The van der Waals surface area contributed by atoms with Gasteiger partial charge >= 0.3 is 0 Å². The molecule has 0 aliphatic heterocycles. The fourth-order valence-electron chi connectivity index (χ4n) is 2.82. The average molecular weight is 417 g/mol. The highest BCUT2D eigenvalue weighted by atomic mass is 32.2. The lowest BCUT2D eigenvalue weighted by molar-refractivity contribution is 0.591. The van der Waals surface area contributed by atoms with Crippen LogP contribution in [0.1, 0.15) is 63.4 Å². The van der Waals surface area contributed by atoms with Crippen LogP contribution >= 0.6 is 23.5 Å². The first kappa shape index (κ1) is 23.3. The Labute approximate surface area is 180 Å². The van der Waals surface area contributed by atoms with Crippen molar-refractivity contribution in [3.8, 4) is 0 Å². The Balaban J connectivity index is 1.96. The van der Waals surface area contributed by atoms with Crippen molar-refractivity contribution in [1.82, 2.24) is 10.6 Å². The van der Waals surface area contributed by atoms with E-state index in [1.807, 2.05) is 23.5 Å². The topological polar surface area (TPSA) is 24.1 Å². The van der Waals surface area contributed by atoms with E-state index in [0.29, 0.717) is 10.7 Å². The zero-order valence-corrected chi connectivity index (χ0v) is 19.8. The maximum absolute atomic E-state index is 3.75. The molecule has 2 rings (SSSR count). The van der Waals surface area contributed by atoms with E-state index < -0.39 is 0 Å². The number of benzene rings is 2. The quantitative estimate of drug-likeness (QED) is 0.354. The molecule has 0 heterocycles. The molecule has 4 heteroatoms. The molecule has 0 saturated carbocycles. The maximum atomic E-state index is 3.75. The van der Waals surface area contributed by atoms with Crippen LogP contribution in [-0.2, 0) is 0 Å². The number of hydrogen-bond donors (Lipinski definition) is 2. The van der Waals surface area contributed by atoms with E-state index in [2.05, 4.69) is 113 Å². The van der Waals surface area contributed by atoms with Crippen molar-refractivity contribution < 1.29 is 0 Å². The molecule has 2 atom stereocenters. The highest BCUT2D eigenvalue weighted by Crippen LogP contribution is 2.37. The van der Waals surface area contributed by atoms with Crippen LogP contribution in [0.5, 0.6) is 0 Å². The van der Waals surface area contributed by atoms with E-state index in [4.69, 9.17) is 0 Å². The molecule has 0 radical (unpaired) electrons. The van der Waals surface area contributed by atoms with Gasteiger partial charge in [-0.15, -0.1) is 23.5 Å². The Bertz CT molecular complexity index is 614. The van der Waals surface area contributed by atoms with E-state index in [1.165, 1.54) is 11.1 Å². The van der Waals surface area contributed by atoms with Crippen molar-refractivity contribution in [2.45, 2.75) is 61.8 Å². The van der Waals surface area contributed by atoms with Crippen LogP contribution in [-0.4, -0.2) is 22.6 Å². The van der Waals surface area contributed by atoms with Crippen molar-refractivity contribution in [1.29, 1.82) is 0 Å². The minimum atomic E-state index is 0.204. The van der Waals surface area contributed by atoms with Crippen LogP contribution in [0.3, 0.4) is 0 Å². The predicted octanol–water partition coefficient (Wildman–Crippen LogP) is 6.63. The molecule has 2 aromatic rings. The van der Waals surface area contributed by atoms with Gasteiger partial charge in [-0.25, -0.2) is 0 Å². The number of rotatable bonds is 9. The Kier molecular flexibility index (Phi) is 8.94. The lowest BCUT2D eigenvalue weighted by Gasteiger charge is -2.29. The third-order valence-corrected chi connectivity index (χ3v) is 6.70. The third-order valence-electron chi connectivity index (χ3n) is 3.93. The lowest BCUT2D eigenvalue weighted by Crippen LogP contribution is -2.33. The number of hydrogen-bond acceptors (Lipinski definition) is 4. The van der Waals surface area contributed by atoms with Crippen molar-refractivity contribution in [3.63, 3.8) is 0 Å². The minimum Gasteiger partial charge on any atom is -0.300 e. The molecule has 0 bridgehead atoms. The van der Waals surface area contributed by atoms with Gasteiger partial charge in [-0.2, -0.15) is 0 Å². The Morgan fingerprint density at radius 1 is 0.607 bits per heavy atom. The molecule has 0 spiro atoms. The molecule has 154 valence electrons. The van der Waals surface area contributed by atoms with Gasteiger partial charge in [0.25, 0.3) is 0 Å². The summed E-state index contributed by atoms with van der Waals surface area (Å²) in [7, 11) is 0. The van der Waals surface area contributed by atoms with Gasteiger partial charge in [-0.1, -0.05) is 102 Å². The van der Waals surface area contributed by atoms with Crippen molar-refractivity contribution in [2.75, 3.05) is 13.1 Å². The smallest absolute Gasteiger partial charge is 0.0795 e. The fraction of sp³-hybridized carbons (Fsp3) is 0.500. The van der Waals surface area contributed by atoms with Gasteiger partial charge in [-0.3, -0.25) is 0 Å². The summed E-state index contributed by atoms with van der Waals surface area (Å²) in [5, 5.41) is 8.11. The van der Waals surface area contributed by atoms with Crippen LogP contribution in [0.15, 0.2) is 60.7 Å². The molecule has 0 saturated heterocycles. The van der Waals surface area contributed by atoms with Gasteiger partial charge < -0.3 is 10.6 Å². The van der Waals surface area contributed by atoms with Gasteiger partial charge in [0.2, 0.25) is 0 Å². The molecule has 2 N–H and O–H groups in total. The molecule has 0 aliphatic carbocycles. The van der Waals surface area contributed by atoms with Crippen molar-refractivity contribution >= 4 is 23.5 Å². The van der Waals surface area contributed by atoms with Gasteiger partial charge in [0, 0.05) is 22.6 Å². The van der Waals surface area contributed by atoms with E-state index in [1.54, 1.807) is 0 Å². The molecule has 0 amide bonds. The highest BCUT2D eigenvalue weighted by Gasteiger charge is 2.22. The first-order valence-electron chi connectivity index (χ1n) is 10.1. The maximum Gasteiger partial charge on any atom is 0.0795 e.